The molecule has 56 heavy (non-hydrogen) atoms. The lowest BCUT2D eigenvalue weighted by Crippen LogP contribution is -2.48. The molecule has 0 aliphatic carbocycles. The van der Waals surface area contributed by atoms with Crippen LogP contribution in [0.1, 0.15) is 22.0 Å². The Hall–Kier alpha value is -4.41. The minimum absolute atomic E-state index is 0.0612. The van der Waals surface area contributed by atoms with Gasteiger partial charge in [-0.2, -0.15) is 18.7 Å². The van der Waals surface area contributed by atoms with Crippen molar-refractivity contribution in [2.75, 3.05) is 75.2 Å². The predicted molar refractivity (Wildman–Crippen MR) is 220 cm³/mol. The SMILES string of the molecule is O=C(CN1CCN(c2nc(-c3ccc(Cl)cc3)ns2)CC1)c1cccc(F)c1.OC(CN1CCN(c2nc(-c3ccc(Cl)cc3)ns2)CC1)c1cccc(F)c1. The van der Waals surface area contributed by atoms with Gasteiger partial charge in [0, 0.05) is 109 Å². The molecule has 0 bridgehead atoms. The number of aromatic nitrogens is 4. The number of carbonyl (C=O) groups is 1. The van der Waals surface area contributed by atoms with Crippen molar-refractivity contribution in [1.82, 2.24) is 28.5 Å². The molecule has 4 heterocycles. The number of hydrogen-bond donors (Lipinski definition) is 1. The average molecular weight is 836 g/mol. The van der Waals surface area contributed by atoms with Gasteiger partial charge in [0.15, 0.2) is 17.4 Å². The van der Waals surface area contributed by atoms with Gasteiger partial charge < -0.3 is 14.9 Å². The van der Waals surface area contributed by atoms with Crippen LogP contribution in [0.5, 0.6) is 0 Å². The smallest absolute Gasteiger partial charge is 0.205 e. The van der Waals surface area contributed by atoms with Gasteiger partial charge >= 0.3 is 0 Å². The zero-order valence-electron chi connectivity index (χ0n) is 30.1. The average Bonchev–Trinajstić information content (AvgIpc) is 3.91. The molecule has 0 spiro atoms. The standard InChI is InChI=1S/C20H20ClFN4OS.C20H18ClFN4OS/c2*21-16-6-4-14(5-7-16)19-23-20(28-24-19)26-10-8-25(9-11-26)13-18(27)15-2-1-3-17(22)12-15/h1-7,12,18,27H,8-11,13H2;1-7,12H,8-11,13H2. The summed E-state index contributed by atoms with van der Waals surface area (Å²) in [5.41, 5.74) is 2.91. The van der Waals surface area contributed by atoms with Gasteiger partial charge in [-0.15, -0.1) is 0 Å². The van der Waals surface area contributed by atoms with Gasteiger partial charge in [-0.3, -0.25) is 14.6 Å². The largest absolute Gasteiger partial charge is 0.387 e. The number of halogens is 4. The fourth-order valence-corrected chi connectivity index (χ4v) is 8.09. The molecule has 4 aromatic carbocycles. The first-order chi connectivity index (χ1) is 27.2. The number of anilines is 2. The molecule has 2 saturated heterocycles. The maximum absolute atomic E-state index is 13.3. The molecule has 16 heteroatoms. The van der Waals surface area contributed by atoms with E-state index in [1.54, 1.807) is 24.3 Å². The number of benzene rings is 4. The van der Waals surface area contributed by atoms with Crippen molar-refractivity contribution >= 4 is 62.3 Å². The van der Waals surface area contributed by atoms with E-state index in [1.807, 2.05) is 48.5 Å². The molecule has 1 N–H and O–H groups in total. The molecule has 0 radical (unpaired) electrons. The van der Waals surface area contributed by atoms with E-state index in [1.165, 1.54) is 47.3 Å². The maximum atomic E-state index is 13.3. The zero-order valence-corrected chi connectivity index (χ0v) is 33.3. The lowest BCUT2D eigenvalue weighted by Gasteiger charge is -2.35. The monoisotopic (exact) mass is 834 g/mol. The number of aliphatic hydroxyl groups is 1. The number of Topliss-reactive ketones (excluding diaryl/α,β-unsaturated/α-hetero) is 1. The van der Waals surface area contributed by atoms with Crippen molar-refractivity contribution in [3.05, 3.63) is 130 Å². The predicted octanol–water partition coefficient (Wildman–Crippen LogP) is 7.86. The molecule has 2 aromatic heterocycles. The first-order valence-corrected chi connectivity index (χ1v) is 20.3. The third kappa shape index (κ3) is 10.5. The quantitative estimate of drug-likeness (QED) is 0.137. The molecule has 290 valence electrons. The van der Waals surface area contributed by atoms with Crippen LogP contribution >= 0.6 is 46.3 Å². The summed E-state index contributed by atoms with van der Waals surface area (Å²) in [6.07, 6.45) is -0.694. The van der Waals surface area contributed by atoms with Gasteiger partial charge in [-0.1, -0.05) is 47.5 Å². The molecule has 8 rings (SSSR count). The van der Waals surface area contributed by atoms with E-state index in [-0.39, 0.29) is 17.4 Å². The second kappa shape index (κ2) is 18.7. The number of nitrogens with zero attached hydrogens (tertiary/aromatic N) is 8. The summed E-state index contributed by atoms with van der Waals surface area (Å²) in [7, 11) is 0. The maximum Gasteiger partial charge on any atom is 0.205 e. The van der Waals surface area contributed by atoms with Crippen LogP contribution in [0.25, 0.3) is 22.8 Å². The second-order valence-electron chi connectivity index (χ2n) is 13.4. The van der Waals surface area contributed by atoms with Crippen molar-refractivity contribution in [1.29, 1.82) is 0 Å². The summed E-state index contributed by atoms with van der Waals surface area (Å²) in [5, 5.41) is 13.5. The second-order valence-corrected chi connectivity index (χ2v) is 15.7. The van der Waals surface area contributed by atoms with E-state index in [0.717, 1.165) is 73.7 Å². The normalized spacial score (nSPS) is 15.7. The Balaban J connectivity index is 0.000000172. The molecule has 2 aliphatic rings. The Morgan fingerprint density at radius 1 is 0.661 bits per heavy atom. The van der Waals surface area contributed by atoms with Crippen molar-refractivity contribution in [3.63, 3.8) is 0 Å². The summed E-state index contributed by atoms with van der Waals surface area (Å²) in [6, 6.07) is 27.0. The Kier molecular flexibility index (Phi) is 13.3. The van der Waals surface area contributed by atoms with E-state index in [2.05, 4.69) is 38.3 Å². The van der Waals surface area contributed by atoms with E-state index in [0.29, 0.717) is 45.9 Å². The van der Waals surface area contributed by atoms with E-state index < -0.39 is 6.10 Å². The molecular weight excluding hydrogens is 798 g/mol. The lowest BCUT2D eigenvalue weighted by atomic mass is 10.1. The minimum Gasteiger partial charge on any atom is -0.387 e. The Bertz CT molecular complexity index is 2210. The van der Waals surface area contributed by atoms with Crippen molar-refractivity contribution in [2.24, 2.45) is 0 Å². The molecule has 0 saturated carbocycles. The molecule has 1 unspecified atom stereocenters. The number of rotatable bonds is 10. The van der Waals surface area contributed by atoms with Gasteiger partial charge in [-0.05, 0) is 78.4 Å². The topological polar surface area (TPSA) is 102 Å². The Morgan fingerprint density at radius 2 is 1.14 bits per heavy atom. The fourth-order valence-electron chi connectivity index (χ4n) is 6.36. The number of aliphatic hydroxyl groups excluding tert-OH is 1. The number of hydrogen-bond acceptors (Lipinski definition) is 12. The number of piperazine rings is 2. The summed E-state index contributed by atoms with van der Waals surface area (Å²) in [4.78, 5) is 30.3. The van der Waals surface area contributed by atoms with Crippen LogP contribution in [0, 0.1) is 11.6 Å². The summed E-state index contributed by atoms with van der Waals surface area (Å²) in [6.45, 7) is 7.05. The highest BCUT2D eigenvalue weighted by Crippen LogP contribution is 2.28. The molecule has 6 aromatic rings. The van der Waals surface area contributed by atoms with E-state index >= 15 is 0 Å². The summed E-state index contributed by atoms with van der Waals surface area (Å²) < 4.78 is 35.6. The van der Waals surface area contributed by atoms with Crippen molar-refractivity contribution < 1.29 is 18.7 Å². The molecule has 2 aliphatic heterocycles. The van der Waals surface area contributed by atoms with Crippen molar-refractivity contribution in [2.45, 2.75) is 6.10 Å². The fraction of sp³-hybridized carbons (Fsp3) is 0.275. The van der Waals surface area contributed by atoms with Crippen LogP contribution in [-0.2, 0) is 0 Å². The number of β-amino-alcohol motifs (C(OH)–C–C–N with tert-alkyl or cyclic N) is 1. The molecule has 10 nitrogen and oxygen atoms in total. The first kappa shape index (κ1) is 39.8. The van der Waals surface area contributed by atoms with Gasteiger partial charge in [0.25, 0.3) is 0 Å². The van der Waals surface area contributed by atoms with Crippen LogP contribution in [0.3, 0.4) is 0 Å². The molecule has 2 fully saturated rings. The highest BCUT2D eigenvalue weighted by atomic mass is 35.5. The van der Waals surface area contributed by atoms with Crippen molar-refractivity contribution in [3.8, 4) is 22.8 Å². The van der Waals surface area contributed by atoms with Crippen LogP contribution in [0.15, 0.2) is 97.1 Å². The van der Waals surface area contributed by atoms with Crippen LogP contribution in [0.2, 0.25) is 10.0 Å². The highest BCUT2D eigenvalue weighted by Gasteiger charge is 2.24. The lowest BCUT2D eigenvalue weighted by molar-refractivity contribution is 0.0926. The number of carbonyl (C=O) groups excluding carboxylic acids is 1. The Morgan fingerprint density at radius 3 is 1.64 bits per heavy atom. The number of ketones is 1. The zero-order chi connectivity index (χ0) is 39.0. The van der Waals surface area contributed by atoms with Crippen LogP contribution in [0.4, 0.5) is 19.0 Å². The molecule has 0 amide bonds. The van der Waals surface area contributed by atoms with Gasteiger partial charge in [0.2, 0.25) is 10.3 Å². The van der Waals surface area contributed by atoms with Gasteiger partial charge in [0.05, 0.1) is 12.6 Å². The third-order valence-corrected chi connectivity index (χ3v) is 11.6. The first-order valence-electron chi connectivity index (χ1n) is 18.0. The van der Waals surface area contributed by atoms with E-state index in [4.69, 9.17) is 23.2 Å². The van der Waals surface area contributed by atoms with Crippen LogP contribution < -0.4 is 9.80 Å². The third-order valence-electron chi connectivity index (χ3n) is 9.50. The molecular formula is C40H38Cl2F2N8O2S2. The van der Waals surface area contributed by atoms with E-state index in [9.17, 15) is 18.7 Å². The van der Waals surface area contributed by atoms with Gasteiger partial charge in [0.1, 0.15) is 11.6 Å². The highest BCUT2D eigenvalue weighted by molar-refractivity contribution is 7.10. The molecule has 1 atom stereocenters. The summed E-state index contributed by atoms with van der Waals surface area (Å²) in [5.74, 6) is 0.632. The Labute approximate surface area is 341 Å². The van der Waals surface area contributed by atoms with Crippen LogP contribution in [-0.4, -0.2) is 105 Å². The summed E-state index contributed by atoms with van der Waals surface area (Å²) >= 11 is 14.6. The minimum atomic E-state index is -0.694. The van der Waals surface area contributed by atoms with Gasteiger partial charge in [-0.25, -0.2) is 8.78 Å².